The van der Waals surface area contributed by atoms with Crippen molar-refractivity contribution in [3.05, 3.63) is 83.5 Å². The molecule has 0 saturated carbocycles. The van der Waals surface area contributed by atoms with Gasteiger partial charge in [-0.2, -0.15) is 0 Å². The number of imidazole rings is 1. The van der Waals surface area contributed by atoms with E-state index in [1.165, 1.54) is 19.8 Å². The van der Waals surface area contributed by atoms with Gasteiger partial charge < -0.3 is 9.30 Å². The first-order valence-corrected chi connectivity index (χ1v) is 13.2. The number of nitrogens with one attached hydrogen (secondary N) is 1. The number of halogens is 1. The molecule has 1 N–H and O–H groups in total. The molecule has 1 aliphatic rings. The Morgan fingerprint density at radius 1 is 1.08 bits per heavy atom. The maximum atomic E-state index is 14.4. The molecule has 5 rings (SSSR count). The van der Waals surface area contributed by atoms with E-state index in [0.717, 1.165) is 5.56 Å². The zero-order chi connectivity index (χ0) is 25.7. The van der Waals surface area contributed by atoms with Crippen LogP contribution in [0.15, 0.2) is 72.1 Å². The molecule has 2 aromatic heterocycles. The van der Waals surface area contributed by atoms with Crippen LogP contribution in [0.25, 0.3) is 11.2 Å². The van der Waals surface area contributed by atoms with E-state index in [1.807, 2.05) is 37.3 Å². The SMILES string of the molecule is COC(=O)[C@]1(C)N[C@H](c2ccccc2)[C@@H](S(=O)(=O)c2ccc(C)cc2)[C@@H]1n1cnc2c(Cl)ncnc21. The van der Waals surface area contributed by atoms with Gasteiger partial charge in [-0.05, 0) is 31.5 Å². The lowest BCUT2D eigenvalue weighted by Crippen LogP contribution is -2.51. The van der Waals surface area contributed by atoms with Crippen LogP contribution in [-0.4, -0.2) is 51.8 Å². The van der Waals surface area contributed by atoms with Crippen LogP contribution in [0.5, 0.6) is 0 Å². The Morgan fingerprint density at radius 2 is 1.78 bits per heavy atom. The lowest BCUT2D eigenvalue weighted by Gasteiger charge is -2.32. The van der Waals surface area contributed by atoms with Gasteiger partial charge in [0.15, 0.2) is 20.6 Å². The smallest absolute Gasteiger partial charge is 0.328 e. The van der Waals surface area contributed by atoms with Gasteiger partial charge >= 0.3 is 5.97 Å². The number of benzene rings is 2. The summed E-state index contributed by atoms with van der Waals surface area (Å²) in [4.78, 5) is 26.1. The van der Waals surface area contributed by atoms with Gasteiger partial charge in [0, 0.05) is 0 Å². The van der Waals surface area contributed by atoms with E-state index in [-0.39, 0.29) is 10.0 Å². The first kappa shape index (κ1) is 24.4. The van der Waals surface area contributed by atoms with Crippen molar-refractivity contribution in [3.63, 3.8) is 0 Å². The van der Waals surface area contributed by atoms with Gasteiger partial charge in [-0.1, -0.05) is 59.6 Å². The van der Waals surface area contributed by atoms with Crippen molar-refractivity contribution in [2.24, 2.45) is 0 Å². The number of ether oxygens (including phenoxy) is 1. The number of methoxy groups -OCH3 is 1. The summed E-state index contributed by atoms with van der Waals surface area (Å²) in [5.74, 6) is -0.614. The molecule has 186 valence electrons. The molecule has 1 aliphatic heterocycles. The zero-order valence-corrected chi connectivity index (χ0v) is 21.4. The summed E-state index contributed by atoms with van der Waals surface area (Å²) in [6.07, 6.45) is 2.72. The summed E-state index contributed by atoms with van der Waals surface area (Å²) in [6.45, 7) is 3.53. The molecule has 4 aromatic rings. The van der Waals surface area contributed by atoms with Crippen LogP contribution < -0.4 is 5.32 Å². The fourth-order valence-corrected chi connectivity index (χ4v) is 7.36. The highest BCUT2D eigenvalue weighted by Gasteiger charge is 2.61. The fourth-order valence-electron chi connectivity index (χ4n) is 5.02. The average Bonchev–Trinajstić information content (AvgIpc) is 3.44. The van der Waals surface area contributed by atoms with E-state index < -0.39 is 38.7 Å². The number of sulfone groups is 1. The Bertz CT molecular complexity index is 1540. The van der Waals surface area contributed by atoms with Gasteiger partial charge in [0.25, 0.3) is 0 Å². The molecule has 2 aromatic carbocycles. The summed E-state index contributed by atoms with van der Waals surface area (Å²) in [7, 11) is -2.74. The van der Waals surface area contributed by atoms with Crippen LogP contribution in [0.4, 0.5) is 0 Å². The maximum Gasteiger partial charge on any atom is 0.328 e. The number of fused-ring (bicyclic) bond motifs is 1. The third-order valence-corrected chi connectivity index (χ3v) is 9.23. The third kappa shape index (κ3) is 3.76. The van der Waals surface area contributed by atoms with E-state index in [9.17, 15) is 13.2 Å². The molecule has 1 saturated heterocycles. The molecule has 36 heavy (non-hydrogen) atoms. The molecule has 0 unspecified atom stereocenters. The van der Waals surface area contributed by atoms with Crippen LogP contribution in [0.1, 0.15) is 30.1 Å². The second-order valence-corrected chi connectivity index (χ2v) is 11.4. The maximum absolute atomic E-state index is 14.4. The van der Waals surface area contributed by atoms with Crippen molar-refractivity contribution in [1.29, 1.82) is 0 Å². The Balaban J connectivity index is 1.81. The molecular formula is C25H24ClN5O4S. The standard InChI is InChI=1S/C25H24ClN5O4S/c1-15-9-11-17(12-10-15)36(33,34)20-18(16-7-5-4-6-8-16)30-25(2,24(32)35-3)21(20)31-14-29-19-22(26)27-13-28-23(19)31/h4-14,18,20-21,30H,1-3H3/t18-,20-,21+,25-/m1/s1. The molecule has 9 nitrogen and oxygen atoms in total. The molecule has 0 spiro atoms. The van der Waals surface area contributed by atoms with Crippen LogP contribution in [-0.2, 0) is 19.4 Å². The fraction of sp³-hybridized carbons (Fsp3) is 0.280. The molecule has 11 heteroatoms. The predicted octanol–water partition coefficient (Wildman–Crippen LogP) is 3.45. The number of nitrogens with zero attached hydrogens (tertiary/aromatic N) is 4. The van der Waals surface area contributed by atoms with Crippen molar-refractivity contribution < 1.29 is 17.9 Å². The van der Waals surface area contributed by atoms with Crippen molar-refractivity contribution in [2.75, 3.05) is 7.11 Å². The minimum Gasteiger partial charge on any atom is -0.468 e. The predicted molar refractivity (Wildman–Crippen MR) is 134 cm³/mol. The Hall–Kier alpha value is -3.34. The number of aromatic nitrogens is 4. The molecule has 0 aliphatic carbocycles. The zero-order valence-electron chi connectivity index (χ0n) is 19.8. The molecule has 0 radical (unpaired) electrons. The van der Waals surface area contributed by atoms with Crippen molar-refractivity contribution in [3.8, 4) is 0 Å². The minimum absolute atomic E-state index is 0.127. The van der Waals surface area contributed by atoms with E-state index in [4.69, 9.17) is 16.3 Å². The van der Waals surface area contributed by atoms with Crippen molar-refractivity contribution in [1.82, 2.24) is 24.8 Å². The second-order valence-electron chi connectivity index (χ2n) is 8.98. The summed E-state index contributed by atoms with van der Waals surface area (Å²) >= 11 is 6.25. The second kappa shape index (κ2) is 8.95. The molecule has 1 fully saturated rings. The normalized spacial score (nSPS) is 24.2. The highest BCUT2D eigenvalue weighted by atomic mass is 35.5. The summed E-state index contributed by atoms with van der Waals surface area (Å²) < 4.78 is 35.5. The first-order chi connectivity index (χ1) is 17.2. The van der Waals surface area contributed by atoms with Crippen LogP contribution in [0, 0.1) is 6.92 Å². The van der Waals surface area contributed by atoms with Gasteiger partial charge in [0.1, 0.15) is 22.6 Å². The van der Waals surface area contributed by atoms with Crippen LogP contribution >= 0.6 is 11.6 Å². The molecule has 4 atom stereocenters. The number of aryl methyl sites for hydroxylation is 1. The van der Waals surface area contributed by atoms with E-state index in [0.29, 0.717) is 16.7 Å². The molecule has 0 amide bonds. The summed E-state index contributed by atoms with van der Waals surface area (Å²) in [5.41, 5.74) is 0.813. The highest BCUT2D eigenvalue weighted by molar-refractivity contribution is 7.92. The molecule has 3 heterocycles. The van der Waals surface area contributed by atoms with Gasteiger partial charge in [-0.3, -0.25) is 5.32 Å². The number of carbonyl (C=O) groups excluding carboxylic acids is 1. The number of esters is 1. The van der Waals surface area contributed by atoms with Gasteiger partial charge in [-0.15, -0.1) is 0 Å². The molecule has 0 bridgehead atoms. The number of carbonyl (C=O) groups is 1. The van der Waals surface area contributed by atoms with Gasteiger partial charge in [0.05, 0.1) is 30.4 Å². The van der Waals surface area contributed by atoms with Gasteiger partial charge in [-0.25, -0.2) is 28.2 Å². The first-order valence-electron chi connectivity index (χ1n) is 11.2. The number of rotatable bonds is 5. The van der Waals surface area contributed by atoms with E-state index in [1.54, 1.807) is 35.8 Å². The Labute approximate surface area is 213 Å². The Kier molecular flexibility index (Phi) is 6.06. The van der Waals surface area contributed by atoms with Crippen molar-refractivity contribution in [2.45, 2.75) is 41.6 Å². The average molecular weight is 526 g/mol. The lowest BCUT2D eigenvalue weighted by molar-refractivity contribution is -0.148. The van der Waals surface area contributed by atoms with E-state index >= 15 is 0 Å². The summed E-state index contributed by atoms with van der Waals surface area (Å²) in [6, 6.07) is 14.1. The number of hydrogen-bond acceptors (Lipinski definition) is 8. The van der Waals surface area contributed by atoms with Crippen molar-refractivity contribution >= 4 is 38.6 Å². The monoisotopic (exact) mass is 525 g/mol. The number of hydrogen-bond donors (Lipinski definition) is 1. The molecular weight excluding hydrogens is 502 g/mol. The summed E-state index contributed by atoms with van der Waals surface area (Å²) in [5, 5.41) is 2.31. The van der Waals surface area contributed by atoms with Gasteiger partial charge in [0.2, 0.25) is 0 Å². The minimum atomic E-state index is -4.01. The third-order valence-electron chi connectivity index (χ3n) is 6.78. The Morgan fingerprint density at radius 3 is 2.44 bits per heavy atom. The highest BCUT2D eigenvalue weighted by Crippen LogP contribution is 2.48. The quantitative estimate of drug-likeness (QED) is 0.311. The van der Waals surface area contributed by atoms with Crippen LogP contribution in [0.2, 0.25) is 5.15 Å². The topological polar surface area (TPSA) is 116 Å². The van der Waals surface area contributed by atoms with E-state index in [2.05, 4.69) is 20.3 Å². The van der Waals surface area contributed by atoms with Crippen LogP contribution in [0.3, 0.4) is 0 Å². The largest absolute Gasteiger partial charge is 0.468 e. The lowest BCUT2D eigenvalue weighted by atomic mass is 9.92.